The molecule has 6 nitrogen and oxygen atoms in total. The summed E-state index contributed by atoms with van der Waals surface area (Å²) in [4.78, 5) is 4.70. The van der Waals surface area contributed by atoms with Crippen LogP contribution in [0.15, 0.2) is 35.3 Å². The molecule has 0 aliphatic carbocycles. The number of hydrogen-bond donors (Lipinski definition) is 3. The first-order valence-electron chi connectivity index (χ1n) is 9.25. The minimum atomic E-state index is -2.95. The summed E-state index contributed by atoms with van der Waals surface area (Å²) in [6.45, 7) is 9.71. The first-order valence-corrected chi connectivity index (χ1v) is 11.3. The molecule has 0 amide bonds. The van der Waals surface area contributed by atoms with E-state index < -0.39 is 9.84 Å². The molecular formula is C19H35IN4O2S. The van der Waals surface area contributed by atoms with Crippen molar-refractivity contribution < 1.29 is 8.42 Å². The highest BCUT2D eigenvalue weighted by atomic mass is 127. The van der Waals surface area contributed by atoms with E-state index in [0.717, 1.165) is 12.2 Å². The number of nitrogens with one attached hydrogen (secondary N) is 3. The number of hydrogen-bond acceptors (Lipinski definition) is 4. The van der Waals surface area contributed by atoms with Crippen molar-refractivity contribution in [1.82, 2.24) is 10.6 Å². The smallest absolute Gasteiger partial charge is 0.191 e. The Morgan fingerprint density at radius 1 is 1.15 bits per heavy atom. The number of rotatable bonds is 10. The SMILES string of the molecule is CCNC(=NCC(Nc1ccccc1)C(C)C)NC(C)CCS(C)(=O)=O.I. The van der Waals surface area contributed by atoms with Crippen molar-refractivity contribution >= 4 is 45.5 Å². The second-order valence-electron chi connectivity index (χ2n) is 7.04. The average Bonchev–Trinajstić information content (AvgIpc) is 2.57. The van der Waals surface area contributed by atoms with Gasteiger partial charge < -0.3 is 16.0 Å². The number of benzene rings is 1. The molecule has 0 aliphatic heterocycles. The van der Waals surface area contributed by atoms with Crippen LogP contribution in [0.1, 0.15) is 34.1 Å². The number of halogens is 1. The van der Waals surface area contributed by atoms with Gasteiger partial charge in [0.2, 0.25) is 0 Å². The van der Waals surface area contributed by atoms with Crippen molar-refractivity contribution in [3.63, 3.8) is 0 Å². The van der Waals surface area contributed by atoms with E-state index in [0.29, 0.717) is 24.8 Å². The largest absolute Gasteiger partial charge is 0.380 e. The molecule has 0 bridgehead atoms. The molecule has 1 rings (SSSR count). The summed E-state index contributed by atoms with van der Waals surface area (Å²) in [6, 6.07) is 10.4. The Labute approximate surface area is 181 Å². The van der Waals surface area contributed by atoms with Gasteiger partial charge in [0.1, 0.15) is 9.84 Å². The predicted molar refractivity (Wildman–Crippen MR) is 127 cm³/mol. The number of sulfone groups is 1. The standard InChI is InChI=1S/C19H34N4O2S.HI/c1-6-20-19(22-16(4)12-13-26(5,24)25)21-14-18(15(2)3)23-17-10-8-7-9-11-17;/h7-11,15-16,18,23H,6,12-14H2,1-5H3,(H2,20,21,22);1H. The molecule has 3 N–H and O–H groups in total. The molecule has 1 aromatic carbocycles. The van der Waals surface area contributed by atoms with Crippen LogP contribution in [0.3, 0.4) is 0 Å². The van der Waals surface area contributed by atoms with E-state index in [-0.39, 0.29) is 41.8 Å². The van der Waals surface area contributed by atoms with E-state index >= 15 is 0 Å². The molecule has 0 aromatic heterocycles. The van der Waals surface area contributed by atoms with Gasteiger partial charge in [0.25, 0.3) is 0 Å². The topological polar surface area (TPSA) is 82.6 Å². The third-order valence-electron chi connectivity index (χ3n) is 4.03. The fourth-order valence-corrected chi connectivity index (χ4v) is 3.16. The lowest BCUT2D eigenvalue weighted by atomic mass is 10.0. The quantitative estimate of drug-likeness (QED) is 0.256. The summed E-state index contributed by atoms with van der Waals surface area (Å²) in [5, 5.41) is 10.1. The fraction of sp³-hybridized carbons (Fsp3) is 0.632. The van der Waals surface area contributed by atoms with E-state index in [1.54, 1.807) is 0 Å². The van der Waals surface area contributed by atoms with Crippen LogP contribution in [0, 0.1) is 5.92 Å². The summed E-state index contributed by atoms with van der Waals surface area (Å²) in [5.41, 5.74) is 1.08. The van der Waals surface area contributed by atoms with Crippen molar-refractivity contribution in [3.05, 3.63) is 30.3 Å². The first kappa shape index (κ1) is 26.0. The molecule has 2 unspecified atom stereocenters. The highest BCUT2D eigenvalue weighted by Crippen LogP contribution is 2.12. The van der Waals surface area contributed by atoms with Gasteiger partial charge in [0, 0.05) is 30.6 Å². The van der Waals surface area contributed by atoms with Crippen molar-refractivity contribution in [2.24, 2.45) is 10.9 Å². The maximum atomic E-state index is 11.3. The van der Waals surface area contributed by atoms with E-state index in [1.807, 2.05) is 32.0 Å². The monoisotopic (exact) mass is 510 g/mol. The van der Waals surface area contributed by atoms with Crippen LogP contribution >= 0.6 is 24.0 Å². The highest BCUT2D eigenvalue weighted by Gasteiger charge is 2.14. The molecule has 8 heteroatoms. The van der Waals surface area contributed by atoms with Gasteiger partial charge in [0.15, 0.2) is 5.96 Å². The summed E-state index contributed by atoms with van der Waals surface area (Å²) in [7, 11) is -2.95. The van der Waals surface area contributed by atoms with E-state index in [9.17, 15) is 8.42 Å². The maximum absolute atomic E-state index is 11.3. The number of para-hydroxylation sites is 1. The molecule has 0 fully saturated rings. The van der Waals surface area contributed by atoms with Crippen molar-refractivity contribution in [1.29, 1.82) is 0 Å². The van der Waals surface area contributed by atoms with E-state index in [1.165, 1.54) is 6.26 Å². The molecular weight excluding hydrogens is 475 g/mol. The summed E-state index contributed by atoms with van der Waals surface area (Å²) >= 11 is 0. The van der Waals surface area contributed by atoms with Crippen molar-refractivity contribution in [3.8, 4) is 0 Å². The minimum absolute atomic E-state index is 0. The Kier molecular flexibility index (Phi) is 12.7. The summed E-state index contributed by atoms with van der Waals surface area (Å²) in [5.74, 6) is 1.31. The van der Waals surface area contributed by atoms with Crippen LogP contribution in [-0.4, -0.2) is 51.6 Å². The number of anilines is 1. The predicted octanol–water partition coefficient (Wildman–Crippen LogP) is 3.12. The van der Waals surface area contributed by atoms with Crippen molar-refractivity contribution in [2.75, 3.05) is 30.4 Å². The van der Waals surface area contributed by atoms with Crippen LogP contribution in [0.5, 0.6) is 0 Å². The molecule has 0 saturated heterocycles. The molecule has 156 valence electrons. The van der Waals surface area contributed by atoms with Gasteiger partial charge in [-0.15, -0.1) is 24.0 Å². The number of aliphatic imine (C=N–C) groups is 1. The van der Waals surface area contributed by atoms with Crippen LogP contribution in [0.25, 0.3) is 0 Å². The normalized spacial score (nSPS) is 14.2. The summed E-state index contributed by atoms with van der Waals surface area (Å²) in [6.07, 6.45) is 1.82. The van der Waals surface area contributed by atoms with Gasteiger partial charge in [-0.25, -0.2) is 8.42 Å². The zero-order valence-electron chi connectivity index (χ0n) is 17.0. The Morgan fingerprint density at radius 3 is 2.30 bits per heavy atom. The van der Waals surface area contributed by atoms with Crippen LogP contribution in [0.2, 0.25) is 0 Å². The lowest BCUT2D eigenvalue weighted by molar-refractivity contribution is 0.528. The van der Waals surface area contributed by atoms with E-state index in [2.05, 4.69) is 41.9 Å². The number of guanidine groups is 1. The molecule has 0 radical (unpaired) electrons. The van der Waals surface area contributed by atoms with Crippen molar-refractivity contribution in [2.45, 2.75) is 46.2 Å². The molecule has 0 spiro atoms. The van der Waals surface area contributed by atoms with E-state index in [4.69, 9.17) is 4.99 Å². The zero-order chi connectivity index (χ0) is 19.6. The van der Waals surface area contributed by atoms with Gasteiger partial charge >= 0.3 is 0 Å². The fourth-order valence-electron chi connectivity index (χ4n) is 2.38. The number of nitrogens with zero attached hydrogens (tertiary/aromatic N) is 1. The average molecular weight is 510 g/mol. The molecule has 0 saturated carbocycles. The third kappa shape index (κ3) is 12.1. The van der Waals surface area contributed by atoms with Gasteiger partial charge in [-0.3, -0.25) is 4.99 Å². The third-order valence-corrected chi connectivity index (χ3v) is 5.00. The Hall–Kier alpha value is -1.03. The van der Waals surface area contributed by atoms with Crippen LogP contribution in [-0.2, 0) is 9.84 Å². The van der Waals surface area contributed by atoms with Crippen LogP contribution < -0.4 is 16.0 Å². The second-order valence-corrected chi connectivity index (χ2v) is 9.30. The van der Waals surface area contributed by atoms with Gasteiger partial charge in [-0.1, -0.05) is 32.0 Å². The zero-order valence-corrected chi connectivity index (χ0v) is 20.2. The highest BCUT2D eigenvalue weighted by molar-refractivity contribution is 14.0. The van der Waals surface area contributed by atoms with Gasteiger partial charge in [-0.2, -0.15) is 0 Å². The minimum Gasteiger partial charge on any atom is -0.380 e. The lowest BCUT2D eigenvalue weighted by Gasteiger charge is -2.23. The summed E-state index contributed by atoms with van der Waals surface area (Å²) < 4.78 is 22.7. The molecule has 27 heavy (non-hydrogen) atoms. The van der Waals surface area contributed by atoms with Gasteiger partial charge in [0.05, 0.1) is 12.3 Å². The molecule has 1 aromatic rings. The Balaban J connectivity index is 0.00000676. The second kappa shape index (κ2) is 13.2. The Bertz CT molecular complexity index is 651. The molecule has 0 heterocycles. The molecule has 0 aliphatic rings. The maximum Gasteiger partial charge on any atom is 0.191 e. The Morgan fingerprint density at radius 2 is 1.78 bits per heavy atom. The van der Waals surface area contributed by atoms with Gasteiger partial charge in [-0.05, 0) is 38.3 Å². The van der Waals surface area contributed by atoms with Crippen LogP contribution in [0.4, 0.5) is 5.69 Å². The molecule has 2 atom stereocenters. The first-order chi connectivity index (χ1) is 12.2. The lowest BCUT2D eigenvalue weighted by Crippen LogP contribution is -2.43.